The van der Waals surface area contributed by atoms with E-state index < -0.39 is 0 Å². The highest BCUT2D eigenvalue weighted by molar-refractivity contribution is 9.10. The van der Waals surface area contributed by atoms with Crippen LogP contribution in [0.2, 0.25) is 10.0 Å². The van der Waals surface area contributed by atoms with E-state index in [9.17, 15) is 4.39 Å². The Bertz CT molecular complexity index is 619. The van der Waals surface area contributed by atoms with Crippen LogP contribution >= 0.6 is 39.1 Å². The molecular weight excluding hydrogens is 364 g/mol. The molecule has 0 amide bonds. The third kappa shape index (κ3) is 3.95. The molecule has 1 unspecified atom stereocenters. The predicted octanol–water partition coefficient (Wildman–Crippen LogP) is 5.75. The molecule has 1 nitrogen and oxygen atoms in total. The van der Waals surface area contributed by atoms with E-state index in [0.717, 1.165) is 11.1 Å². The van der Waals surface area contributed by atoms with E-state index in [1.165, 1.54) is 6.07 Å². The summed E-state index contributed by atoms with van der Waals surface area (Å²) < 4.78 is 13.9. The van der Waals surface area contributed by atoms with E-state index in [1.54, 1.807) is 18.2 Å². The smallest absolute Gasteiger partial charge is 0.137 e. The first-order valence-electron chi connectivity index (χ1n) is 6.09. The van der Waals surface area contributed by atoms with Gasteiger partial charge in [-0.1, -0.05) is 35.3 Å². The molecule has 0 heterocycles. The Balaban J connectivity index is 2.04. The zero-order valence-electron chi connectivity index (χ0n) is 10.8. The third-order valence-electron chi connectivity index (χ3n) is 3.03. The Morgan fingerprint density at radius 1 is 1.20 bits per heavy atom. The maximum Gasteiger partial charge on any atom is 0.137 e. The average Bonchev–Trinajstić information content (AvgIpc) is 2.40. The summed E-state index contributed by atoms with van der Waals surface area (Å²) in [5.41, 5.74) is 1.84. The highest BCUT2D eigenvalue weighted by Gasteiger charge is 2.10. The van der Waals surface area contributed by atoms with Gasteiger partial charge in [0.1, 0.15) is 5.82 Å². The summed E-state index contributed by atoms with van der Waals surface area (Å²) in [5, 5.41) is 4.55. The van der Waals surface area contributed by atoms with Crippen molar-refractivity contribution < 1.29 is 4.39 Å². The lowest BCUT2D eigenvalue weighted by Gasteiger charge is -2.16. The first kappa shape index (κ1) is 15.8. The van der Waals surface area contributed by atoms with Gasteiger partial charge >= 0.3 is 0 Å². The summed E-state index contributed by atoms with van der Waals surface area (Å²) in [6, 6.07) is 10.5. The van der Waals surface area contributed by atoms with Gasteiger partial charge in [0.15, 0.2) is 0 Å². The van der Waals surface area contributed by atoms with Gasteiger partial charge in [-0.05, 0) is 58.2 Å². The van der Waals surface area contributed by atoms with Gasteiger partial charge in [-0.2, -0.15) is 0 Å². The largest absolute Gasteiger partial charge is 0.306 e. The highest BCUT2D eigenvalue weighted by atomic mass is 79.9. The zero-order valence-corrected chi connectivity index (χ0v) is 13.9. The lowest BCUT2D eigenvalue weighted by molar-refractivity contribution is 0.568. The minimum atomic E-state index is -0.263. The van der Waals surface area contributed by atoms with Gasteiger partial charge in [-0.15, -0.1) is 0 Å². The maximum absolute atomic E-state index is 13.4. The van der Waals surface area contributed by atoms with Crippen molar-refractivity contribution in [2.75, 3.05) is 0 Å². The van der Waals surface area contributed by atoms with Crippen LogP contribution in [0.3, 0.4) is 0 Å². The van der Waals surface area contributed by atoms with Crippen molar-refractivity contribution in [1.82, 2.24) is 5.32 Å². The van der Waals surface area contributed by atoms with Crippen LogP contribution in [0.5, 0.6) is 0 Å². The van der Waals surface area contributed by atoms with Crippen molar-refractivity contribution in [3.63, 3.8) is 0 Å². The maximum atomic E-state index is 13.4. The molecule has 2 aromatic rings. The topological polar surface area (TPSA) is 12.0 Å². The minimum absolute atomic E-state index is 0.0477. The number of rotatable bonds is 4. The quantitative estimate of drug-likeness (QED) is 0.716. The SMILES string of the molecule is CC(NCc1ccc(Br)c(F)c1)c1ccc(Cl)cc1Cl. The summed E-state index contributed by atoms with van der Waals surface area (Å²) in [5.74, 6) is -0.263. The fraction of sp³-hybridized carbons (Fsp3) is 0.200. The van der Waals surface area contributed by atoms with Crippen LogP contribution in [0.25, 0.3) is 0 Å². The second-order valence-electron chi connectivity index (χ2n) is 4.52. The standard InChI is InChI=1S/C15H13BrCl2FN/c1-9(12-4-3-11(17)7-14(12)18)20-8-10-2-5-13(16)15(19)6-10/h2-7,9,20H,8H2,1H3. The van der Waals surface area contributed by atoms with Gasteiger partial charge < -0.3 is 5.32 Å². The van der Waals surface area contributed by atoms with Crippen LogP contribution in [-0.2, 0) is 6.54 Å². The fourth-order valence-electron chi connectivity index (χ4n) is 1.88. The Kier molecular flexibility index (Phi) is 5.44. The molecule has 0 radical (unpaired) electrons. The van der Waals surface area contributed by atoms with Crippen molar-refractivity contribution in [3.8, 4) is 0 Å². The van der Waals surface area contributed by atoms with Crippen LogP contribution in [0.15, 0.2) is 40.9 Å². The molecule has 2 rings (SSSR count). The van der Waals surface area contributed by atoms with Crippen LogP contribution in [-0.4, -0.2) is 0 Å². The molecule has 0 aliphatic heterocycles. The van der Waals surface area contributed by atoms with Crippen LogP contribution in [0.1, 0.15) is 24.1 Å². The van der Waals surface area contributed by atoms with E-state index in [-0.39, 0.29) is 11.9 Å². The molecule has 0 bridgehead atoms. The number of benzene rings is 2. The Morgan fingerprint density at radius 3 is 2.60 bits per heavy atom. The summed E-state index contributed by atoms with van der Waals surface area (Å²) in [6.07, 6.45) is 0. The fourth-order valence-corrected chi connectivity index (χ4v) is 2.70. The molecule has 5 heteroatoms. The predicted molar refractivity (Wildman–Crippen MR) is 85.8 cm³/mol. The van der Waals surface area contributed by atoms with Crippen molar-refractivity contribution in [1.29, 1.82) is 0 Å². The van der Waals surface area contributed by atoms with Gasteiger partial charge in [0.25, 0.3) is 0 Å². The Labute approximate surface area is 136 Å². The van der Waals surface area contributed by atoms with E-state index in [1.807, 2.05) is 19.1 Å². The van der Waals surface area contributed by atoms with E-state index in [4.69, 9.17) is 23.2 Å². The van der Waals surface area contributed by atoms with Crippen LogP contribution < -0.4 is 5.32 Å². The monoisotopic (exact) mass is 375 g/mol. The van der Waals surface area contributed by atoms with Gasteiger partial charge in [-0.3, -0.25) is 0 Å². The van der Waals surface area contributed by atoms with Crippen molar-refractivity contribution in [2.45, 2.75) is 19.5 Å². The van der Waals surface area contributed by atoms with Gasteiger partial charge in [0, 0.05) is 22.6 Å². The molecule has 106 valence electrons. The van der Waals surface area contributed by atoms with Crippen LogP contribution in [0.4, 0.5) is 4.39 Å². The lowest BCUT2D eigenvalue weighted by atomic mass is 10.1. The number of hydrogen-bond donors (Lipinski definition) is 1. The molecule has 2 aromatic carbocycles. The summed E-state index contributed by atoms with van der Waals surface area (Å²) in [4.78, 5) is 0. The Morgan fingerprint density at radius 2 is 1.95 bits per heavy atom. The first-order valence-corrected chi connectivity index (χ1v) is 7.64. The lowest BCUT2D eigenvalue weighted by Crippen LogP contribution is -2.18. The molecule has 0 saturated carbocycles. The molecule has 0 saturated heterocycles. The molecule has 0 spiro atoms. The molecule has 1 atom stereocenters. The van der Waals surface area contributed by atoms with E-state index >= 15 is 0 Å². The van der Waals surface area contributed by atoms with E-state index in [2.05, 4.69) is 21.2 Å². The molecule has 20 heavy (non-hydrogen) atoms. The summed E-state index contributed by atoms with van der Waals surface area (Å²) >= 11 is 15.2. The number of nitrogens with one attached hydrogen (secondary N) is 1. The van der Waals surface area contributed by atoms with Crippen molar-refractivity contribution >= 4 is 39.1 Å². The second kappa shape index (κ2) is 6.90. The number of hydrogen-bond acceptors (Lipinski definition) is 1. The van der Waals surface area contributed by atoms with E-state index in [0.29, 0.717) is 21.1 Å². The normalized spacial score (nSPS) is 12.4. The van der Waals surface area contributed by atoms with Crippen LogP contribution in [0, 0.1) is 5.82 Å². The molecule has 0 aliphatic carbocycles. The summed E-state index contributed by atoms with van der Waals surface area (Å²) in [6.45, 7) is 2.56. The van der Waals surface area contributed by atoms with Crippen molar-refractivity contribution in [3.05, 3.63) is 67.9 Å². The first-order chi connectivity index (χ1) is 9.47. The average molecular weight is 377 g/mol. The molecule has 0 aromatic heterocycles. The minimum Gasteiger partial charge on any atom is -0.306 e. The molecule has 0 aliphatic rings. The summed E-state index contributed by atoms with van der Waals surface area (Å²) in [7, 11) is 0. The number of halogens is 4. The highest BCUT2D eigenvalue weighted by Crippen LogP contribution is 2.26. The molecule has 1 N–H and O–H groups in total. The third-order valence-corrected chi connectivity index (χ3v) is 4.23. The second-order valence-corrected chi connectivity index (χ2v) is 6.21. The van der Waals surface area contributed by atoms with Crippen molar-refractivity contribution in [2.24, 2.45) is 0 Å². The molecular formula is C15H13BrCl2FN. The molecule has 0 fully saturated rings. The van der Waals surface area contributed by atoms with Gasteiger partial charge in [-0.25, -0.2) is 4.39 Å². The zero-order chi connectivity index (χ0) is 14.7. The van der Waals surface area contributed by atoms with Gasteiger partial charge in [0.2, 0.25) is 0 Å². The van der Waals surface area contributed by atoms with Gasteiger partial charge in [0.05, 0.1) is 4.47 Å². The Hall–Kier alpha value is -0.610.